The van der Waals surface area contributed by atoms with Gasteiger partial charge in [-0.3, -0.25) is 0 Å². The van der Waals surface area contributed by atoms with E-state index in [1.54, 1.807) is 6.20 Å². The second-order valence-electron chi connectivity index (χ2n) is 5.88. The standard InChI is InChI=1S/C19H17F3N2O/c20-19(21,22)15-8-9-16(17(25)12-15)24-18-14(7-4-10-23-18)11-13-5-2-1-3-6-13/h1-6,8-10,12,14,25H,7,11H2,(H,23,24). The number of hydrogen-bond donors (Lipinski definition) is 2. The number of phenolic OH excluding ortho intramolecular Hbond substituents is 1. The Bertz CT molecular complexity index is 798. The first-order valence-electron chi connectivity index (χ1n) is 7.87. The van der Waals surface area contributed by atoms with E-state index in [4.69, 9.17) is 0 Å². The van der Waals surface area contributed by atoms with E-state index in [2.05, 4.69) is 10.3 Å². The van der Waals surface area contributed by atoms with E-state index in [0.717, 1.165) is 24.5 Å². The Labute approximate surface area is 143 Å². The second kappa shape index (κ2) is 7.01. The zero-order valence-corrected chi connectivity index (χ0v) is 13.3. The summed E-state index contributed by atoms with van der Waals surface area (Å²) in [6.45, 7) is 0. The van der Waals surface area contributed by atoms with Gasteiger partial charge in [0.1, 0.15) is 11.6 Å². The molecule has 1 atom stereocenters. The van der Waals surface area contributed by atoms with Crippen LogP contribution in [0.3, 0.4) is 0 Å². The molecule has 2 aromatic rings. The minimum absolute atomic E-state index is 0.0640. The van der Waals surface area contributed by atoms with Gasteiger partial charge in [-0.25, -0.2) is 4.99 Å². The third-order valence-electron chi connectivity index (χ3n) is 4.04. The van der Waals surface area contributed by atoms with Crippen molar-refractivity contribution in [3.05, 3.63) is 71.9 Å². The van der Waals surface area contributed by atoms with Crippen LogP contribution in [0.4, 0.5) is 18.9 Å². The van der Waals surface area contributed by atoms with Crippen LogP contribution in [0, 0.1) is 5.92 Å². The predicted molar refractivity (Wildman–Crippen MR) is 91.6 cm³/mol. The third kappa shape index (κ3) is 4.21. The first-order valence-corrected chi connectivity index (χ1v) is 7.87. The number of phenols is 1. The number of amidine groups is 1. The number of rotatable bonds is 3. The van der Waals surface area contributed by atoms with Crippen LogP contribution in [0.25, 0.3) is 0 Å². The Morgan fingerprint density at radius 1 is 1.12 bits per heavy atom. The summed E-state index contributed by atoms with van der Waals surface area (Å²) in [6, 6.07) is 12.8. The van der Waals surface area contributed by atoms with E-state index in [1.165, 1.54) is 6.07 Å². The topological polar surface area (TPSA) is 44.6 Å². The molecule has 0 saturated heterocycles. The molecule has 1 aliphatic heterocycles. The summed E-state index contributed by atoms with van der Waals surface area (Å²) in [5, 5.41) is 12.9. The molecule has 3 nitrogen and oxygen atoms in total. The molecule has 0 bridgehead atoms. The van der Waals surface area contributed by atoms with Gasteiger partial charge in [0.2, 0.25) is 0 Å². The molecule has 0 fully saturated rings. The average Bonchev–Trinajstić information content (AvgIpc) is 2.58. The lowest BCUT2D eigenvalue weighted by Gasteiger charge is -2.22. The lowest BCUT2D eigenvalue weighted by molar-refractivity contribution is -0.137. The number of aromatic hydroxyl groups is 1. The van der Waals surface area contributed by atoms with E-state index in [9.17, 15) is 18.3 Å². The third-order valence-corrected chi connectivity index (χ3v) is 4.04. The summed E-state index contributed by atoms with van der Waals surface area (Å²) < 4.78 is 38.1. The van der Waals surface area contributed by atoms with Crippen LogP contribution >= 0.6 is 0 Å². The van der Waals surface area contributed by atoms with E-state index in [1.807, 2.05) is 36.4 Å². The highest BCUT2D eigenvalue weighted by Gasteiger charge is 2.31. The SMILES string of the molecule is Oc1cc(C(F)(F)F)ccc1NC1=NC=CCC1Cc1ccccc1. The molecule has 0 spiro atoms. The molecular weight excluding hydrogens is 329 g/mol. The number of hydrogen-bond acceptors (Lipinski definition) is 3. The maximum absolute atomic E-state index is 12.7. The predicted octanol–water partition coefficient (Wildman–Crippen LogP) is 5.00. The zero-order valence-electron chi connectivity index (χ0n) is 13.3. The lowest BCUT2D eigenvalue weighted by Crippen LogP contribution is -2.26. The molecule has 0 aromatic heterocycles. The summed E-state index contributed by atoms with van der Waals surface area (Å²) >= 11 is 0. The van der Waals surface area contributed by atoms with Gasteiger partial charge in [-0.2, -0.15) is 13.2 Å². The van der Waals surface area contributed by atoms with Crippen LogP contribution in [-0.2, 0) is 12.6 Å². The molecule has 6 heteroatoms. The molecule has 0 radical (unpaired) electrons. The number of nitrogens with zero attached hydrogens (tertiary/aromatic N) is 1. The van der Waals surface area contributed by atoms with Crippen molar-refractivity contribution in [2.24, 2.45) is 10.9 Å². The van der Waals surface area contributed by atoms with Gasteiger partial charge in [0, 0.05) is 12.1 Å². The van der Waals surface area contributed by atoms with Gasteiger partial charge in [0.25, 0.3) is 0 Å². The van der Waals surface area contributed by atoms with Crippen molar-refractivity contribution in [3.63, 3.8) is 0 Å². The summed E-state index contributed by atoms with van der Waals surface area (Å²) in [6.07, 6.45) is 0.633. The van der Waals surface area contributed by atoms with Gasteiger partial charge in [0.05, 0.1) is 11.3 Å². The van der Waals surface area contributed by atoms with Gasteiger partial charge in [-0.1, -0.05) is 36.4 Å². The van der Waals surface area contributed by atoms with Crippen molar-refractivity contribution >= 4 is 11.5 Å². The number of aliphatic imine (C=N–C) groups is 1. The molecule has 1 unspecified atom stereocenters. The van der Waals surface area contributed by atoms with Gasteiger partial charge in [0.15, 0.2) is 0 Å². The number of benzene rings is 2. The fourth-order valence-electron chi connectivity index (χ4n) is 2.74. The Morgan fingerprint density at radius 3 is 2.56 bits per heavy atom. The maximum atomic E-state index is 12.7. The van der Waals surface area contributed by atoms with Crippen LogP contribution in [0.1, 0.15) is 17.5 Å². The molecule has 1 aliphatic rings. The molecule has 2 aromatic carbocycles. The first-order chi connectivity index (χ1) is 11.9. The second-order valence-corrected chi connectivity index (χ2v) is 5.88. The number of allylic oxidation sites excluding steroid dienone is 1. The molecule has 130 valence electrons. The van der Waals surface area contributed by atoms with Gasteiger partial charge >= 0.3 is 6.18 Å². The Kier molecular flexibility index (Phi) is 4.79. The Balaban J connectivity index is 1.78. The van der Waals surface area contributed by atoms with Gasteiger partial charge < -0.3 is 10.4 Å². The van der Waals surface area contributed by atoms with E-state index in [0.29, 0.717) is 11.9 Å². The number of alkyl halides is 3. The molecule has 0 aliphatic carbocycles. The van der Waals surface area contributed by atoms with Gasteiger partial charge in [-0.15, -0.1) is 0 Å². The first kappa shape index (κ1) is 17.1. The fraction of sp³-hybridized carbons (Fsp3) is 0.211. The largest absolute Gasteiger partial charge is 0.506 e. The van der Waals surface area contributed by atoms with Crippen molar-refractivity contribution < 1.29 is 18.3 Å². The van der Waals surface area contributed by atoms with Crippen LogP contribution in [0.2, 0.25) is 0 Å². The summed E-state index contributed by atoms with van der Waals surface area (Å²) in [7, 11) is 0. The fourth-order valence-corrected chi connectivity index (χ4v) is 2.74. The molecule has 2 N–H and O–H groups in total. The number of halogens is 3. The monoisotopic (exact) mass is 346 g/mol. The van der Waals surface area contributed by atoms with E-state index < -0.39 is 17.5 Å². The Hall–Kier alpha value is -2.76. The normalized spacial score (nSPS) is 17.2. The molecule has 25 heavy (non-hydrogen) atoms. The zero-order chi connectivity index (χ0) is 17.9. The van der Waals surface area contributed by atoms with Crippen molar-refractivity contribution in [1.29, 1.82) is 0 Å². The molecule has 1 heterocycles. The molecule has 3 rings (SSSR count). The minimum Gasteiger partial charge on any atom is -0.506 e. The maximum Gasteiger partial charge on any atom is 0.416 e. The number of nitrogens with one attached hydrogen (secondary N) is 1. The Morgan fingerprint density at radius 2 is 1.88 bits per heavy atom. The van der Waals surface area contributed by atoms with E-state index in [-0.39, 0.29) is 11.6 Å². The lowest BCUT2D eigenvalue weighted by atomic mass is 9.93. The highest BCUT2D eigenvalue weighted by atomic mass is 19.4. The smallest absolute Gasteiger partial charge is 0.416 e. The van der Waals surface area contributed by atoms with Crippen molar-refractivity contribution in [2.75, 3.05) is 5.32 Å². The van der Waals surface area contributed by atoms with Crippen molar-refractivity contribution in [2.45, 2.75) is 19.0 Å². The van der Waals surface area contributed by atoms with Crippen LogP contribution in [0.5, 0.6) is 5.75 Å². The molecule has 0 saturated carbocycles. The molecule has 0 amide bonds. The quantitative estimate of drug-likeness (QED) is 0.769. The molecular formula is C19H17F3N2O. The van der Waals surface area contributed by atoms with E-state index >= 15 is 0 Å². The van der Waals surface area contributed by atoms with Gasteiger partial charge in [-0.05, 0) is 36.6 Å². The summed E-state index contributed by atoms with van der Waals surface area (Å²) in [5.41, 5.74) is 0.468. The van der Waals surface area contributed by atoms with Crippen molar-refractivity contribution in [1.82, 2.24) is 0 Å². The summed E-state index contributed by atoms with van der Waals surface area (Å²) in [4.78, 5) is 4.31. The average molecular weight is 346 g/mol. The van der Waals surface area contributed by atoms with Crippen LogP contribution in [-0.4, -0.2) is 10.9 Å². The number of anilines is 1. The minimum atomic E-state index is -4.49. The highest BCUT2D eigenvalue weighted by molar-refractivity contribution is 5.99. The van der Waals surface area contributed by atoms with Crippen LogP contribution in [0.15, 0.2) is 65.8 Å². The summed E-state index contributed by atoms with van der Waals surface area (Å²) in [5.74, 6) is 0.237. The van der Waals surface area contributed by atoms with Crippen LogP contribution < -0.4 is 5.32 Å². The highest BCUT2D eigenvalue weighted by Crippen LogP contribution is 2.35. The van der Waals surface area contributed by atoms with Crippen molar-refractivity contribution in [3.8, 4) is 5.75 Å².